The molecule has 1 fully saturated rings. The van der Waals surface area contributed by atoms with Crippen LogP contribution in [0.2, 0.25) is 0 Å². The molecule has 1 aromatic heterocycles. The monoisotopic (exact) mass is 308 g/mol. The van der Waals surface area contributed by atoms with E-state index in [1.807, 2.05) is 6.92 Å². The van der Waals surface area contributed by atoms with Crippen molar-refractivity contribution in [2.45, 2.75) is 31.3 Å². The molecule has 110 valence electrons. The predicted octanol–water partition coefficient (Wildman–Crippen LogP) is 0.684. The Morgan fingerprint density at radius 3 is 2.53 bits per heavy atom. The highest BCUT2D eigenvalue weighted by Gasteiger charge is 2.30. The highest BCUT2D eigenvalue weighted by Crippen LogP contribution is 2.22. The molecule has 0 bridgehead atoms. The molecule has 0 radical (unpaired) electrons. The van der Waals surface area contributed by atoms with Crippen molar-refractivity contribution < 1.29 is 8.42 Å². The molecule has 2 N–H and O–H groups in total. The molecular formula is C11H21ClN4O2S. The van der Waals surface area contributed by atoms with Crippen LogP contribution < -0.4 is 5.73 Å². The van der Waals surface area contributed by atoms with Crippen LogP contribution in [-0.4, -0.2) is 41.9 Å². The zero-order valence-electron chi connectivity index (χ0n) is 11.0. The van der Waals surface area contributed by atoms with Gasteiger partial charge in [-0.15, -0.1) is 12.4 Å². The van der Waals surface area contributed by atoms with E-state index in [2.05, 4.69) is 4.98 Å². The van der Waals surface area contributed by atoms with Crippen LogP contribution in [0.25, 0.3) is 0 Å². The van der Waals surface area contributed by atoms with E-state index < -0.39 is 10.0 Å². The number of hydrogen-bond acceptors (Lipinski definition) is 4. The first-order chi connectivity index (χ1) is 8.57. The molecule has 0 aliphatic carbocycles. The number of aromatic nitrogens is 2. The topological polar surface area (TPSA) is 81.2 Å². The Labute approximate surface area is 120 Å². The lowest BCUT2D eigenvalue weighted by atomic mass is 9.99. The molecular weight excluding hydrogens is 288 g/mol. The highest BCUT2D eigenvalue weighted by atomic mass is 35.5. The lowest BCUT2D eigenvalue weighted by molar-refractivity contribution is 0.278. The fourth-order valence-electron chi connectivity index (χ4n) is 2.16. The zero-order chi connectivity index (χ0) is 13.2. The molecule has 0 spiro atoms. The van der Waals surface area contributed by atoms with E-state index in [0.717, 1.165) is 19.4 Å². The van der Waals surface area contributed by atoms with Crippen molar-refractivity contribution in [1.82, 2.24) is 13.9 Å². The third-order valence-electron chi connectivity index (χ3n) is 3.49. The fraction of sp³-hybridized carbons (Fsp3) is 0.727. The summed E-state index contributed by atoms with van der Waals surface area (Å²) >= 11 is 0. The van der Waals surface area contributed by atoms with Crippen molar-refractivity contribution >= 4 is 22.4 Å². The van der Waals surface area contributed by atoms with Gasteiger partial charge in [0.25, 0.3) is 10.0 Å². The van der Waals surface area contributed by atoms with Crippen LogP contribution in [-0.2, 0) is 16.6 Å². The summed E-state index contributed by atoms with van der Waals surface area (Å²) in [5, 5.41) is 0.149. The van der Waals surface area contributed by atoms with Crippen LogP contribution in [0.1, 0.15) is 19.8 Å². The van der Waals surface area contributed by atoms with Crippen LogP contribution in [0.5, 0.6) is 0 Å². The second-order valence-electron chi connectivity index (χ2n) is 4.63. The molecule has 2 rings (SSSR count). The number of rotatable bonds is 4. The Morgan fingerprint density at radius 1 is 1.42 bits per heavy atom. The van der Waals surface area contributed by atoms with Gasteiger partial charge in [0.15, 0.2) is 5.03 Å². The number of hydrogen-bond donors (Lipinski definition) is 1. The summed E-state index contributed by atoms with van der Waals surface area (Å²) in [6, 6.07) is 0. The average Bonchev–Trinajstić information content (AvgIpc) is 2.88. The Balaban J connectivity index is 0.00000180. The summed E-state index contributed by atoms with van der Waals surface area (Å²) in [5.41, 5.74) is 5.61. The van der Waals surface area contributed by atoms with Crippen LogP contribution in [0, 0.1) is 5.92 Å². The van der Waals surface area contributed by atoms with E-state index in [1.165, 1.54) is 4.31 Å². The third kappa shape index (κ3) is 3.47. The molecule has 0 atom stereocenters. The Morgan fingerprint density at radius 2 is 2.05 bits per heavy atom. The standard InChI is InChI=1S/C11H20N4O2S.ClH/c1-2-14-8-11(13-9-14)18(16,17)15-5-3-10(7-12)4-6-15;/h8-10H,2-7,12H2,1H3;1H. The van der Waals surface area contributed by atoms with E-state index in [9.17, 15) is 8.42 Å². The lowest BCUT2D eigenvalue weighted by Gasteiger charge is -2.29. The molecule has 0 unspecified atom stereocenters. The minimum atomic E-state index is -3.42. The van der Waals surface area contributed by atoms with Crippen molar-refractivity contribution in [3.8, 4) is 0 Å². The van der Waals surface area contributed by atoms with Gasteiger partial charge < -0.3 is 10.3 Å². The maximum atomic E-state index is 12.3. The lowest BCUT2D eigenvalue weighted by Crippen LogP contribution is -2.40. The third-order valence-corrected chi connectivity index (χ3v) is 5.27. The van der Waals surface area contributed by atoms with Gasteiger partial charge in [-0.3, -0.25) is 0 Å². The number of halogens is 1. The van der Waals surface area contributed by atoms with Crippen molar-refractivity contribution in [3.63, 3.8) is 0 Å². The van der Waals surface area contributed by atoms with E-state index in [4.69, 9.17) is 5.73 Å². The Hall–Kier alpha value is -0.630. The maximum Gasteiger partial charge on any atom is 0.262 e. The average molecular weight is 309 g/mol. The summed E-state index contributed by atoms with van der Waals surface area (Å²) in [6.45, 7) is 4.40. The van der Waals surface area contributed by atoms with E-state index in [1.54, 1.807) is 17.1 Å². The molecule has 6 nitrogen and oxygen atoms in total. The Kier molecular flexibility index (Phi) is 5.79. The summed E-state index contributed by atoms with van der Waals surface area (Å²) in [4.78, 5) is 3.98. The van der Waals surface area contributed by atoms with Crippen LogP contribution in [0.4, 0.5) is 0 Å². The molecule has 1 saturated heterocycles. The quantitative estimate of drug-likeness (QED) is 0.887. The van der Waals surface area contributed by atoms with Gasteiger partial charge in [0, 0.05) is 25.8 Å². The minimum absolute atomic E-state index is 0. The summed E-state index contributed by atoms with van der Waals surface area (Å²) in [5.74, 6) is 0.449. The van der Waals surface area contributed by atoms with Crippen molar-refractivity contribution in [2.24, 2.45) is 11.7 Å². The first kappa shape index (κ1) is 16.4. The summed E-state index contributed by atoms with van der Waals surface area (Å²) in [7, 11) is -3.42. The molecule has 1 aliphatic heterocycles. The second-order valence-corrected chi connectivity index (χ2v) is 6.51. The normalized spacial score (nSPS) is 18.2. The molecule has 1 aliphatic rings. The molecule has 8 heteroatoms. The molecule has 1 aromatic rings. The second kappa shape index (κ2) is 6.69. The van der Waals surface area contributed by atoms with Crippen LogP contribution in [0.3, 0.4) is 0 Å². The van der Waals surface area contributed by atoms with Gasteiger partial charge >= 0.3 is 0 Å². The van der Waals surface area contributed by atoms with Gasteiger partial charge in [-0.05, 0) is 32.2 Å². The zero-order valence-corrected chi connectivity index (χ0v) is 12.7. The molecule has 0 aromatic carbocycles. The van der Waals surface area contributed by atoms with Crippen LogP contribution in [0.15, 0.2) is 17.6 Å². The van der Waals surface area contributed by atoms with E-state index >= 15 is 0 Å². The van der Waals surface area contributed by atoms with Gasteiger partial charge in [0.05, 0.1) is 6.33 Å². The molecule has 19 heavy (non-hydrogen) atoms. The van der Waals surface area contributed by atoms with E-state index in [0.29, 0.717) is 25.6 Å². The fourth-order valence-corrected chi connectivity index (χ4v) is 3.57. The number of aryl methyl sites for hydroxylation is 1. The number of imidazole rings is 1. The molecule has 0 saturated carbocycles. The molecule has 2 heterocycles. The minimum Gasteiger partial charge on any atom is -0.336 e. The highest BCUT2D eigenvalue weighted by molar-refractivity contribution is 7.89. The van der Waals surface area contributed by atoms with Gasteiger partial charge in [0.1, 0.15) is 0 Å². The Bertz CT molecular complexity index is 495. The summed E-state index contributed by atoms with van der Waals surface area (Å²) < 4.78 is 27.9. The van der Waals surface area contributed by atoms with Crippen molar-refractivity contribution in [1.29, 1.82) is 0 Å². The first-order valence-electron chi connectivity index (χ1n) is 6.30. The number of nitrogens with two attached hydrogens (primary N) is 1. The van der Waals surface area contributed by atoms with Gasteiger partial charge in [-0.1, -0.05) is 0 Å². The van der Waals surface area contributed by atoms with Crippen molar-refractivity contribution in [3.05, 3.63) is 12.5 Å². The largest absolute Gasteiger partial charge is 0.336 e. The van der Waals surface area contributed by atoms with Gasteiger partial charge in [-0.2, -0.15) is 4.31 Å². The summed E-state index contributed by atoms with van der Waals surface area (Å²) in [6.07, 6.45) is 4.82. The van der Waals surface area contributed by atoms with Crippen LogP contribution >= 0.6 is 12.4 Å². The van der Waals surface area contributed by atoms with E-state index in [-0.39, 0.29) is 17.4 Å². The number of piperidine rings is 1. The SMILES string of the molecule is CCn1cnc(S(=O)(=O)N2CCC(CN)CC2)c1.Cl. The van der Waals surface area contributed by atoms with Gasteiger partial charge in [-0.25, -0.2) is 13.4 Å². The molecule has 0 amide bonds. The van der Waals surface area contributed by atoms with Crippen molar-refractivity contribution in [2.75, 3.05) is 19.6 Å². The first-order valence-corrected chi connectivity index (χ1v) is 7.74. The maximum absolute atomic E-state index is 12.3. The predicted molar refractivity (Wildman–Crippen MR) is 75.7 cm³/mol. The van der Waals surface area contributed by atoms with Gasteiger partial charge in [0.2, 0.25) is 0 Å². The smallest absolute Gasteiger partial charge is 0.262 e. The number of sulfonamides is 1. The number of nitrogens with zero attached hydrogens (tertiary/aromatic N) is 3.